The topological polar surface area (TPSA) is 85.9 Å². The highest BCUT2D eigenvalue weighted by atomic mass is 16.5. The van der Waals surface area contributed by atoms with Gasteiger partial charge in [0.1, 0.15) is 5.75 Å². The Morgan fingerprint density at radius 1 is 1.00 bits per heavy atom. The van der Waals surface area contributed by atoms with Gasteiger partial charge in [0.2, 0.25) is 5.91 Å². The van der Waals surface area contributed by atoms with E-state index in [1.165, 1.54) is 12.8 Å². The maximum atomic E-state index is 12.3. The molecule has 0 heterocycles. The summed E-state index contributed by atoms with van der Waals surface area (Å²) in [6, 6.07) is 12.1. The lowest BCUT2D eigenvalue weighted by atomic mass is 10.1. The highest BCUT2D eigenvalue weighted by Crippen LogP contribution is 2.33. The van der Waals surface area contributed by atoms with Crippen molar-refractivity contribution in [1.82, 2.24) is 10.6 Å². The van der Waals surface area contributed by atoms with Gasteiger partial charge in [-0.15, -0.1) is 0 Å². The van der Waals surface area contributed by atoms with Crippen molar-refractivity contribution in [2.24, 2.45) is 0 Å². The Balaban J connectivity index is 1.52. The third-order valence-corrected chi connectivity index (χ3v) is 5.42. The van der Waals surface area contributed by atoms with Crippen molar-refractivity contribution in [3.8, 4) is 17.2 Å². The molecule has 0 radical (unpaired) electrons. The van der Waals surface area contributed by atoms with E-state index >= 15 is 0 Å². The number of carbonyl (C=O) groups is 2. The maximum Gasteiger partial charge on any atom is 0.251 e. The van der Waals surface area contributed by atoms with Crippen LogP contribution in [0.15, 0.2) is 42.5 Å². The summed E-state index contributed by atoms with van der Waals surface area (Å²) in [6.07, 6.45) is 4.78. The standard InChI is InChI=1S/C24H30N2O5/c1-16(18-10-13-21(22(14-18)30-3)31-20-6-4-5-7-20)26-23(27)15-25-24(28)17-8-11-19(29-2)12-9-17/h8-14,16,20H,4-7,15H2,1-3H3,(H,25,28)(H,26,27). The summed E-state index contributed by atoms with van der Waals surface area (Å²) in [7, 11) is 3.17. The van der Waals surface area contributed by atoms with Gasteiger partial charge in [0.25, 0.3) is 5.91 Å². The van der Waals surface area contributed by atoms with Crippen molar-refractivity contribution in [2.75, 3.05) is 20.8 Å². The van der Waals surface area contributed by atoms with Crippen LogP contribution < -0.4 is 24.8 Å². The number of amides is 2. The second-order valence-electron chi connectivity index (χ2n) is 7.63. The SMILES string of the molecule is COc1ccc(C(=O)NCC(=O)NC(C)c2ccc(OC3CCCC3)c(OC)c2)cc1. The van der Waals surface area contributed by atoms with Crippen LogP contribution in [0.3, 0.4) is 0 Å². The fourth-order valence-corrected chi connectivity index (χ4v) is 3.62. The fraction of sp³-hybridized carbons (Fsp3) is 0.417. The number of hydrogen-bond acceptors (Lipinski definition) is 5. The number of hydrogen-bond donors (Lipinski definition) is 2. The number of nitrogens with one attached hydrogen (secondary N) is 2. The lowest BCUT2D eigenvalue weighted by Crippen LogP contribution is -2.38. The molecule has 2 aromatic rings. The molecule has 1 fully saturated rings. The molecular weight excluding hydrogens is 396 g/mol. The van der Waals surface area contributed by atoms with Crippen molar-refractivity contribution in [3.05, 3.63) is 53.6 Å². The monoisotopic (exact) mass is 426 g/mol. The average molecular weight is 427 g/mol. The molecule has 7 nitrogen and oxygen atoms in total. The molecule has 166 valence electrons. The van der Waals surface area contributed by atoms with E-state index in [9.17, 15) is 9.59 Å². The largest absolute Gasteiger partial charge is 0.497 e. The lowest BCUT2D eigenvalue weighted by Gasteiger charge is -2.19. The van der Waals surface area contributed by atoms with E-state index < -0.39 is 0 Å². The normalized spacial score (nSPS) is 14.5. The fourth-order valence-electron chi connectivity index (χ4n) is 3.62. The minimum Gasteiger partial charge on any atom is -0.497 e. The Hall–Kier alpha value is -3.22. The van der Waals surface area contributed by atoms with Crippen LogP contribution in [0.5, 0.6) is 17.2 Å². The molecule has 0 bridgehead atoms. The summed E-state index contributed by atoms with van der Waals surface area (Å²) in [5.74, 6) is 1.44. The van der Waals surface area contributed by atoms with Gasteiger partial charge in [-0.25, -0.2) is 0 Å². The average Bonchev–Trinajstić information content (AvgIpc) is 3.30. The molecule has 0 spiro atoms. The van der Waals surface area contributed by atoms with Crippen LogP contribution in [-0.4, -0.2) is 38.7 Å². The van der Waals surface area contributed by atoms with E-state index in [1.54, 1.807) is 38.5 Å². The molecule has 1 unspecified atom stereocenters. The predicted octanol–water partition coefficient (Wildman–Crippen LogP) is 3.63. The van der Waals surface area contributed by atoms with Crippen molar-refractivity contribution in [1.29, 1.82) is 0 Å². The van der Waals surface area contributed by atoms with Gasteiger partial charge in [-0.1, -0.05) is 6.07 Å². The summed E-state index contributed by atoms with van der Waals surface area (Å²) >= 11 is 0. The molecule has 7 heteroatoms. The molecule has 1 atom stereocenters. The van der Waals surface area contributed by atoms with Gasteiger partial charge in [-0.2, -0.15) is 0 Å². The molecule has 0 aliphatic heterocycles. The summed E-state index contributed by atoms with van der Waals surface area (Å²) < 4.78 is 16.6. The summed E-state index contributed by atoms with van der Waals surface area (Å²) in [5, 5.41) is 5.52. The lowest BCUT2D eigenvalue weighted by molar-refractivity contribution is -0.120. The van der Waals surface area contributed by atoms with Crippen LogP contribution in [0, 0.1) is 0 Å². The zero-order valence-corrected chi connectivity index (χ0v) is 18.3. The maximum absolute atomic E-state index is 12.3. The van der Waals surface area contributed by atoms with Crippen LogP contribution in [0.25, 0.3) is 0 Å². The summed E-state index contributed by atoms with van der Waals surface area (Å²) in [6.45, 7) is 1.77. The predicted molar refractivity (Wildman–Crippen MR) is 118 cm³/mol. The van der Waals surface area contributed by atoms with Crippen molar-refractivity contribution in [3.63, 3.8) is 0 Å². The van der Waals surface area contributed by atoms with Gasteiger partial charge in [0.05, 0.1) is 32.9 Å². The minimum atomic E-state index is -0.319. The van der Waals surface area contributed by atoms with Crippen molar-refractivity contribution < 1.29 is 23.8 Å². The smallest absolute Gasteiger partial charge is 0.251 e. The molecule has 2 amide bonds. The van der Waals surface area contributed by atoms with E-state index in [0.29, 0.717) is 17.1 Å². The van der Waals surface area contributed by atoms with Crippen LogP contribution in [0.2, 0.25) is 0 Å². The molecule has 31 heavy (non-hydrogen) atoms. The molecule has 1 aliphatic rings. The first-order valence-electron chi connectivity index (χ1n) is 10.6. The number of carbonyl (C=O) groups excluding carboxylic acids is 2. The van der Waals surface area contributed by atoms with Gasteiger partial charge in [0, 0.05) is 5.56 Å². The van der Waals surface area contributed by atoms with Crippen LogP contribution in [-0.2, 0) is 4.79 Å². The highest BCUT2D eigenvalue weighted by Gasteiger charge is 2.19. The molecule has 0 aromatic heterocycles. The van der Waals surface area contributed by atoms with Gasteiger partial charge in [-0.05, 0) is 74.6 Å². The molecule has 1 saturated carbocycles. The van der Waals surface area contributed by atoms with Gasteiger partial charge >= 0.3 is 0 Å². The molecule has 1 aliphatic carbocycles. The quantitative estimate of drug-likeness (QED) is 0.640. The molecule has 3 rings (SSSR count). The van der Waals surface area contributed by atoms with Gasteiger partial charge in [-0.3, -0.25) is 9.59 Å². The molecule has 0 saturated heterocycles. The van der Waals surface area contributed by atoms with E-state index in [4.69, 9.17) is 14.2 Å². The Morgan fingerprint density at radius 2 is 1.71 bits per heavy atom. The van der Waals surface area contributed by atoms with Gasteiger partial charge < -0.3 is 24.8 Å². The van der Waals surface area contributed by atoms with Crippen LogP contribution in [0.1, 0.15) is 54.6 Å². The van der Waals surface area contributed by atoms with Crippen molar-refractivity contribution >= 4 is 11.8 Å². The van der Waals surface area contributed by atoms with Crippen molar-refractivity contribution in [2.45, 2.75) is 44.8 Å². The van der Waals surface area contributed by atoms with Crippen LogP contribution in [0.4, 0.5) is 0 Å². The zero-order valence-electron chi connectivity index (χ0n) is 18.3. The Morgan fingerprint density at radius 3 is 2.35 bits per heavy atom. The first-order chi connectivity index (χ1) is 15.0. The third-order valence-electron chi connectivity index (χ3n) is 5.42. The number of rotatable bonds is 9. The summed E-state index contributed by atoms with van der Waals surface area (Å²) in [4.78, 5) is 24.5. The number of methoxy groups -OCH3 is 2. The number of benzene rings is 2. The Kier molecular flexibility index (Phi) is 7.76. The Labute approximate surface area is 183 Å². The first-order valence-corrected chi connectivity index (χ1v) is 10.6. The molecular formula is C24H30N2O5. The van der Waals surface area contributed by atoms with Gasteiger partial charge in [0.15, 0.2) is 11.5 Å². The molecule has 2 aromatic carbocycles. The van der Waals surface area contributed by atoms with E-state index in [2.05, 4.69) is 10.6 Å². The first kappa shape index (κ1) is 22.5. The highest BCUT2D eigenvalue weighted by molar-refractivity contribution is 5.96. The van der Waals surface area contributed by atoms with Crippen LogP contribution >= 0.6 is 0 Å². The Bertz CT molecular complexity index is 891. The number of ether oxygens (including phenoxy) is 3. The third kappa shape index (κ3) is 6.13. The second kappa shape index (κ2) is 10.7. The van der Waals surface area contributed by atoms with E-state index in [1.807, 2.05) is 25.1 Å². The minimum absolute atomic E-state index is 0.116. The zero-order chi connectivity index (χ0) is 22.2. The van der Waals surface area contributed by atoms with E-state index in [-0.39, 0.29) is 30.5 Å². The van der Waals surface area contributed by atoms with E-state index in [0.717, 1.165) is 24.2 Å². The molecule has 2 N–H and O–H groups in total. The second-order valence-corrected chi connectivity index (χ2v) is 7.63. The summed E-state index contributed by atoms with van der Waals surface area (Å²) in [5.41, 5.74) is 1.36.